The first kappa shape index (κ1) is 19.0. The van der Waals surface area contributed by atoms with Gasteiger partial charge in [-0.15, -0.1) is 5.73 Å². The molecule has 0 bridgehead atoms. The molecule has 27 heavy (non-hydrogen) atoms. The Bertz CT molecular complexity index is 890. The van der Waals surface area contributed by atoms with Crippen molar-refractivity contribution in [1.82, 2.24) is 0 Å². The molecular formula is C24H26O3. The molecule has 3 nitrogen and oxygen atoms in total. The normalized spacial score (nSPS) is 15.9. The molecule has 2 aliphatic rings. The first-order valence-electron chi connectivity index (χ1n) is 9.50. The second kappa shape index (κ2) is 8.75. The van der Waals surface area contributed by atoms with Gasteiger partial charge in [-0.2, -0.15) is 0 Å². The molecule has 3 heteroatoms. The lowest BCUT2D eigenvalue weighted by Crippen LogP contribution is -2.05. The third-order valence-corrected chi connectivity index (χ3v) is 5.36. The van der Waals surface area contributed by atoms with Gasteiger partial charge in [0.25, 0.3) is 0 Å². The molecule has 0 aromatic heterocycles. The highest BCUT2D eigenvalue weighted by molar-refractivity contribution is 5.67. The van der Waals surface area contributed by atoms with Crippen molar-refractivity contribution in [2.45, 2.75) is 46.0 Å². The van der Waals surface area contributed by atoms with E-state index in [1.165, 1.54) is 23.1 Å². The molecule has 1 N–H and O–H groups in total. The van der Waals surface area contributed by atoms with E-state index in [1.807, 2.05) is 44.2 Å². The minimum Gasteiger partial charge on any atom is -0.489 e. The van der Waals surface area contributed by atoms with E-state index in [2.05, 4.69) is 17.9 Å². The Morgan fingerprint density at radius 1 is 1.19 bits per heavy atom. The zero-order valence-corrected chi connectivity index (χ0v) is 16.0. The Morgan fingerprint density at radius 3 is 2.85 bits per heavy atom. The van der Waals surface area contributed by atoms with Crippen LogP contribution < -0.4 is 4.74 Å². The third kappa shape index (κ3) is 4.69. The van der Waals surface area contributed by atoms with Gasteiger partial charge in [-0.05, 0) is 91.2 Å². The average molecular weight is 362 g/mol. The molecule has 0 fully saturated rings. The number of hydrogen-bond donors (Lipinski definition) is 1. The van der Waals surface area contributed by atoms with E-state index in [-0.39, 0.29) is 6.42 Å². The number of hydrogen-bond acceptors (Lipinski definition) is 2. The summed E-state index contributed by atoms with van der Waals surface area (Å²) in [6, 6.07) is 3.97. The van der Waals surface area contributed by atoms with Crippen LogP contribution in [0.15, 0.2) is 65.0 Å². The smallest absolute Gasteiger partial charge is 0.303 e. The maximum absolute atomic E-state index is 10.8. The summed E-state index contributed by atoms with van der Waals surface area (Å²) in [4.78, 5) is 10.8. The number of benzene rings is 1. The number of carboxylic acids is 1. The zero-order valence-electron chi connectivity index (χ0n) is 16.0. The molecule has 0 unspecified atom stereocenters. The van der Waals surface area contributed by atoms with E-state index in [9.17, 15) is 4.79 Å². The van der Waals surface area contributed by atoms with Crippen molar-refractivity contribution in [3.63, 3.8) is 0 Å². The highest BCUT2D eigenvalue weighted by atomic mass is 16.5. The summed E-state index contributed by atoms with van der Waals surface area (Å²) in [6.07, 6.45) is 14.2. The fourth-order valence-corrected chi connectivity index (χ4v) is 3.64. The van der Waals surface area contributed by atoms with Gasteiger partial charge in [0, 0.05) is 6.42 Å². The first-order valence-corrected chi connectivity index (χ1v) is 9.50. The highest BCUT2D eigenvalue weighted by Crippen LogP contribution is 2.33. The maximum atomic E-state index is 10.8. The average Bonchev–Trinajstić information content (AvgIpc) is 2.95. The van der Waals surface area contributed by atoms with Gasteiger partial charge in [-0.3, -0.25) is 4.79 Å². The molecule has 0 saturated heterocycles. The highest BCUT2D eigenvalue weighted by Gasteiger charge is 2.18. The predicted octanol–water partition coefficient (Wildman–Crippen LogP) is 5.39. The number of aryl methyl sites for hydroxylation is 1. The van der Waals surface area contributed by atoms with Gasteiger partial charge < -0.3 is 9.84 Å². The summed E-state index contributed by atoms with van der Waals surface area (Å²) in [6.45, 7) is 4.69. The van der Waals surface area contributed by atoms with Crippen LogP contribution >= 0.6 is 0 Å². The van der Waals surface area contributed by atoms with Crippen LogP contribution in [0.5, 0.6) is 5.75 Å². The van der Waals surface area contributed by atoms with Crippen LogP contribution in [0.1, 0.15) is 42.4 Å². The molecule has 0 aliphatic heterocycles. The number of aliphatic carboxylic acids is 1. The van der Waals surface area contributed by atoms with Crippen molar-refractivity contribution in [2.75, 3.05) is 6.61 Å². The molecule has 1 aromatic carbocycles. The lowest BCUT2D eigenvalue weighted by Gasteiger charge is -2.15. The Morgan fingerprint density at radius 2 is 2.04 bits per heavy atom. The molecule has 0 saturated carbocycles. The SMILES string of the molecule is Cc1c(CCC(=O)O)ccc(OCC2=C(C3=CC=CC=C=C3)CCC2)c1C. The summed E-state index contributed by atoms with van der Waals surface area (Å²) in [5, 5.41) is 8.90. The van der Waals surface area contributed by atoms with Crippen LogP contribution in [0, 0.1) is 13.8 Å². The Kier molecular flexibility index (Phi) is 6.16. The molecule has 0 spiro atoms. The number of ether oxygens (including phenoxy) is 1. The zero-order chi connectivity index (χ0) is 19.2. The summed E-state index contributed by atoms with van der Waals surface area (Å²) in [5.41, 5.74) is 10.5. The lowest BCUT2D eigenvalue weighted by molar-refractivity contribution is -0.136. The van der Waals surface area contributed by atoms with Gasteiger partial charge in [0.2, 0.25) is 0 Å². The van der Waals surface area contributed by atoms with Crippen LogP contribution in [0.25, 0.3) is 0 Å². The Hall–Kier alpha value is -2.77. The molecule has 0 atom stereocenters. The Balaban J connectivity index is 1.74. The Labute approximate surface area is 161 Å². The van der Waals surface area contributed by atoms with Crippen molar-refractivity contribution in [1.29, 1.82) is 0 Å². The van der Waals surface area contributed by atoms with E-state index in [1.54, 1.807) is 0 Å². The molecular weight excluding hydrogens is 336 g/mol. The van der Waals surface area contributed by atoms with Crippen molar-refractivity contribution < 1.29 is 14.6 Å². The molecule has 0 amide bonds. The largest absolute Gasteiger partial charge is 0.489 e. The molecule has 0 heterocycles. The minimum atomic E-state index is -0.764. The van der Waals surface area contributed by atoms with Crippen LogP contribution in [0.4, 0.5) is 0 Å². The van der Waals surface area contributed by atoms with Crippen LogP contribution in [0.3, 0.4) is 0 Å². The molecule has 2 aliphatic carbocycles. The maximum Gasteiger partial charge on any atom is 0.303 e. The van der Waals surface area contributed by atoms with Gasteiger partial charge in [0.15, 0.2) is 0 Å². The molecule has 140 valence electrons. The fourth-order valence-electron chi connectivity index (χ4n) is 3.64. The summed E-state index contributed by atoms with van der Waals surface area (Å²) < 4.78 is 6.17. The van der Waals surface area contributed by atoms with Crippen molar-refractivity contribution in [3.05, 3.63) is 81.7 Å². The number of carboxylic acid groups (broad SMARTS) is 1. The van der Waals surface area contributed by atoms with E-state index in [4.69, 9.17) is 9.84 Å². The van der Waals surface area contributed by atoms with Gasteiger partial charge in [-0.1, -0.05) is 24.3 Å². The predicted molar refractivity (Wildman–Crippen MR) is 108 cm³/mol. The van der Waals surface area contributed by atoms with Crippen LogP contribution in [0.2, 0.25) is 0 Å². The monoisotopic (exact) mass is 362 g/mol. The lowest BCUT2D eigenvalue weighted by atomic mass is 9.98. The van der Waals surface area contributed by atoms with Crippen LogP contribution in [-0.2, 0) is 11.2 Å². The summed E-state index contributed by atoms with van der Waals surface area (Å²) >= 11 is 0. The van der Waals surface area contributed by atoms with Gasteiger partial charge >= 0.3 is 5.97 Å². The number of carbonyl (C=O) groups is 1. The summed E-state index contributed by atoms with van der Waals surface area (Å²) in [7, 11) is 0. The van der Waals surface area contributed by atoms with E-state index in [0.29, 0.717) is 13.0 Å². The molecule has 3 rings (SSSR count). The second-order valence-corrected chi connectivity index (χ2v) is 7.08. The third-order valence-electron chi connectivity index (χ3n) is 5.36. The van der Waals surface area contributed by atoms with Crippen molar-refractivity contribution in [3.8, 4) is 5.75 Å². The number of allylic oxidation sites excluding steroid dienone is 6. The standard InChI is InChI=1S/C24H26O3/c1-17-18(2)23(14-12-19(17)13-15-24(25)26)27-16-21-10-7-11-22(21)20-8-5-3-4-6-9-20/h3-5,8-9,12,14H,7,10-11,13,15-16H2,1-2H3,(H,25,26). The van der Waals surface area contributed by atoms with E-state index in [0.717, 1.165) is 35.3 Å². The number of rotatable bonds is 7. The van der Waals surface area contributed by atoms with Crippen LogP contribution in [-0.4, -0.2) is 17.7 Å². The summed E-state index contributed by atoms with van der Waals surface area (Å²) in [5.74, 6) is 0.121. The van der Waals surface area contributed by atoms with Crippen molar-refractivity contribution >= 4 is 5.97 Å². The topological polar surface area (TPSA) is 46.5 Å². The van der Waals surface area contributed by atoms with E-state index >= 15 is 0 Å². The first-order chi connectivity index (χ1) is 13.1. The van der Waals surface area contributed by atoms with Gasteiger partial charge in [-0.25, -0.2) is 0 Å². The second-order valence-electron chi connectivity index (χ2n) is 7.08. The van der Waals surface area contributed by atoms with Crippen molar-refractivity contribution in [2.24, 2.45) is 0 Å². The van der Waals surface area contributed by atoms with Gasteiger partial charge in [0.1, 0.15) is 12.4 Å². The quantitative estimate of drug-likeness (QED) is 0.662. The molecule has 0 radical (unpaired) electrons. The van der Waals surface area contributed by atoms with Gasteiger partial charge in [0.05, 0.1) is 0 Å². The van der Waals surface area contributed by atoms with E-state index < -0.39 is 5.97 Å². The minimum absolute atomic E-state index is 0.155. The molecule has 1 aromatic rings. The fraction of sp³-hybridized carbons (Fsp3) is 0.333.